The molecule has 0 saturated carbocycles. The van der Waals surface area contributed by atoms with Crippen molar-refractivity contribution in [2.75, 3.05) is 24.6 Å². The van der Waals surface area contributed by atoms with E-state index in [0.717, 1.165) is 12.8 Å². The average molecular weight is 366 g/mol. The third-order valence-corrected chi connectivity index (χ3v) is 6.80. The van der Waals surface area contributed by atoms with Crippen LogP contribution < -0.4 is 4.90 Å². The first-order valence-corrected chi connectivity index (χ1v) is 9.79. The highest BCUT2D eigenvalue weighted by Crippen LogP contribution is 2.30. The van der Waals surface area contributed by atoms with E-state index in [4.69, 9.17) is 4.74 Å². The van der Waals surface area contributed by atoms with E-state index >= 15 is 0 Å². The molecule has 2 fully saturated rings. The van der Waals surface area contributed by atoms with Crippen molar-refractivity contribution in [1.29, 1.82) is 0 Å². The van der Waals surface area contributed by atoms with Crippen LogP contribution in [0.5, 0.6) is 0 Å². The topological polar surface area (TPSA) is 84.0 Å². The van der Waals surface area contributed by atoms with Crippen molar-refractivity contribution < 1.29 is 22.7 Å². The Hall–Kier alpha value is -1.93. The van der Waals surface area contributed by atoms with Crippen molar-refractivity contribution in [2.24, 2.45) is 0 Å². The smallest absolute Gasteiger partial charge is 0.327 e. The molecule has 8 heteroatoms. The van der Waals surface area contributed by atoms with Gasteiger partial charge in [-0.3, -0.25) is 9.59 Å². The molecule has 136 valence electrons. The number of ether oxygens (including phenoxy) is 1. The molecule has 0 spiro atoms. The molecule has 1 aromatic carbocycles. The van der Waals surface area contributed by atoms with Gasteiger partial charge in [0.2, 0.25) is 15.9 Å². The molecule has 0 radical (unpaired) electrons. The molecule has 0 N–H and O–H groups in total. The van der Waals surface area contributed by atoms with Gasteiger partial charge in [0.25, 0.3) is 0 Å². The Morgan fingerprint density at radius 2 is 1.72 bits per heavy atom. The maximum Gasteiger partial charge on any atom is 0.327 e. The Kier molecular flexibility index (Phi) is 4.59. The average Bonchev–Trinajstić information content (AvgIpc) is 2.57. The van der Waals surface area contributed by atoms with Gasteiger partial charge in [-0.25, -0.2) is 8.42 Å². The van der Waals surface area contributed by atoms with Crippen molar-refractivity contribution in [3.8, 4) is 0 Å². The maximum atomic E-state index is 12.9. The van der Waals surface area contributed by atoms with Gasteiger partial charge in [-0.05, 0) is 51.0 Å². The normalized spacial score (nSPS) is 21.9. The van der Waals surface area contributed by atoms with Crippen LogP contribution in [0.2, 0.25) is 0 Å². The molecule has 0 aliphatic carbocycles. The molecule has 0 bridgehead atoms. The van der Waals surface area contributed by atoms with Crippen LogP contribution in [0.1, 0.15) is 33.1 Å². The second kappa shape index (κ2) is 6.42. The van der Waals surface area contributed by atoms with Gasteiger partial charge >= 0.3 is 5.97 Å². The van der Waals surface area contributed by atoms with Crippen molar-refractivity contribution in [2.45, 2.75) is 43.5 Å². The van der Waals surface area contributed by atoms with Gasteiger partial charge in [-0.2, -0.15) is 4.31 Å². The van der Waals surface area contributed by atoms with Gasteiger partial charge < -0.3 is 9.64 Å². The quantitative estimate of drug-likeness (QED) is 0.758. The maximum absolute atomic E-state index is 12.9. The van der Waals surface area contributed by atoms with E-state index in [2.05, 4.69) is 0 Å². The lowest BCUT2D eigenvalue weighted by Gasteiger charge is -2.38. The second-order valence-electron chi connectivity index (χ2n) is 6.77. The van der Waals surface area contributed by atoms with Crippen LogP contribution >= 0.6 is 0 Å². The van der Waals surface area contributed by atoms with Crippen LogP contribution in [0, 0.1) is 0 Å². The lowest BCUT2D eigenvalue weighted by molar-refractivity contribution is -0.160. The lowest BCUT2D eigenvalue weighted by atomic mass is 10.1. The zero-order valence-electron chi connectivity index (χ0n) is 14.4. The van der Waals surface area contributed by atoms with Crippen LogP contribution in [0.15, 0.2) is 29.2 Å². The number of anilines is 1. The largest absolute Gasteiger partial charge is 0.463 e. The number of sulfonamides is 1. The number of cyclic esters (lactones) is 1. The van der Waals surface area contributed by atoms with Crippen LogP contribution in [0.3, 0.4) is 0 Å². The van der Waals surface area contributed by atoms with E-state index in [1.54, 1.807) is 17.0 Å². The minimum absolute atomic E-state index is 0.0435. The van der Waals surface area contributed by atoms with E-state index in [1.165, 1.54) is 30.3 Å². The summed E-state index contributed by atoms with van der Waals surface area (Å²) in [5.74, 6) is -0.500. The summed E-state index contributed by atoms with van der Waals surface area (Å²) in [5.41, 5.74) is -0.556. The number of hydrogen-bond donors (Lipinski definition) is 0. The molecule has 2 aliphatic rings. The number of amides is 1. The zero-order chi connectivity index (χ0) is 18.2. The van der Waals surface area contributed by atoms with Gasteiger partial charge in [0.15, 0.2) is 0 Å². The van der Waals surface area contributed by atoms with Gasteiger partial charge in [-0.1, -0.05) is 0 Å². The van der Waals surface area contributed by atoms with Gasteiger partial charge in [0.1, 0.15) is 12.1 Å². The van der Waals surface area contributed by atoms with E-state index in [9.17, 15) is 18.0 Å². The Morgan fingerprint density at radius 3 is 2.36 bits per heavy atom. The van der Waals surface area contributed by atoms with E-state index < -0.39 is 21.5 Å². The minimum atomic E-state index is -3.83. The number of rotatable bonds is 3. The molecule has 1 aromatic rings. The van der Waals surface area contributed by atoms with E-state index in [0.29, 0.717) is 18.7 Å². The second-order valence-corrected chi connectivity index (χ2v) is 8.63. The van der Waals surface area contributed by atoms with Crippen molar-refractivity contribution in [1.82, 2.24) is 4.31 Å². The molecular weight excluding hydrogens is 344 g/mol. The first kappa shape index (κ1) is 17.9. The molecule has 7 nitrogen and oxygen atoms in total. The summed E-state index contributed by atoms with van der Waals surface area (Å²) < 4.78 is 32.0. The van der Waals surface area contributed by atoms with Crippen molar-refractivity contribution in [3.63, 3.8) is 0 Å². The first-order chi connectivity index (χ1) is 11.7. The molecule has 1 amide bonds. The lowest BCUT2D eigenvalue weighted by Crippen LogP contribution is -2.58. The number of piperidine rings is 1. The van der Waals surface area contributed by atoms with Gasteiger partial charge in [0.05, 0.1) is 4.90 Å². The van der Waals surface area contributed by atoms with Crippen LogP contribution in [0.25, 0.3) is 0 Å². The molecule has 2 heterocycles. The number of carbonyl (C=O) groups excluding carboxylic acids is 2. The molecular formula is C17H22N2O5S. The number of carbonyl (C=O) groups is 2. The van der Waals surface area contributed by atoms with Gasteiger partial charge in [0, 0.05) is 25.2 Å². The molecule has 0 atom stereocenters. The van der Waals surface area contributed by atoms with Crippen molar-refractivity contribution >= 4 is 27.6 Å². The fourth-order valence-corrected chi connectivity index (χ4v) is 4.93. The standard InChI is InChI=1S/C17H22N2O5S/c1-17(2)16(21)24-12-11-19(17)25(22,23)14-8-6-13(7-9-14)18-10-4-3-5-15(18)20/h6-9H,3-5,10-12H2,1-2H3. The Morgan fingerprint density at radius 1 is 1.04 bits per heavy atom. The third kappa shape index (κ3) is 3.16. The summed E-state index contributed by atoms with van der Waals surface area (Å²) in [6, 6.07) is 6.27. The highest BCUT2D eigenvalue weighted by molar-refractivity contribution is 7.89. The van der Waals surface area contributed by atoms with E-state index in [-0.39, 0.29) is 24.0 Å². The highest BCUT2D eigenvalue weighted by Gasteiger charge is 2.46. The molecule has 2 saturated heterocycles. The van der Waals surface area contributed by atoms with Crippen LogP contribution in [-0.4, -0.2) is 49.8 Å². The fraction of sp³-hybridized carbons (Fsp3) is 0.529. The minimum Gasteiger partial charge on any atom is -0.463 e. The molecule has 2 aliphatic heterocycles. The number of morpholine rings is 1. The summed E-state index contributed by atoms with van der Waals surface area (Å²) in [6.45, 7) is 3.88. The molecule has 3 rings (SSSR count). The molecule has 0 unspecified atom stereocenters. The van der Waals surface area contributed by atoms with Crippen LogP contribution in [0.4, 0.5) is 5.69 Å². The summed E-state index contributed by atoms with van der Waals surface area (Å²) in [6.07, 6.45) is 2.35. The zero-order valence-corrected chi connectivity index (χ0v) is 15.2. The summed E-state index contributed by atoms with van der Waals surface area (Å²) in [4.78, 5) is 25.7. The summed E-state index contributed by atoms with van der Waals surface area (Å²) in [7, 11) is -3.83. The first-order valence-electron chi connectivity index (χ1n) is 8.35. The highest BCUT2D eigenvalue weighted by atomic mass is 32.2. The summed E-state index contributed by atoms with van der Waals surface area (Å²) >= 11 is 0. The number of nitrogens with zero attached hydrogens (tertiary/aromatic N) is 2. The fourth-order valence-electron chi connectivity index (χ4n) is 3.20. The molecule has 0 aromatic heterocycles. The predicted octanol–water partition coefficient (Wildman–Crippen LogP) is 1.53. The SMILES string of the molecule is CC1(C)C(=O)OCCN1S(=O)(=O)c1ccc(N2CCCCC2=O)cc1. The Labute approximate surface area is 147 Å². The van der Waals surface area contributed by atoms with Gasteiger partial charge in [-0.15, -0.1) is 0 Å². The van der Waals surface area contributed by atoms with Crippen LogP contribution in [-0.2, 0) is 24.3 Å². The third-order valence-electron chi connectivity index (χ3n) is 4.71. The monoisotopic (exact) mass is 366 g/mol. The van der Waals surface area contributed by atoms with Crippen molar-refractivity contribution in [3.05, 3.63) is 24.3 Å². The molecule has 25 heavy (non-hydrogen) atoms. The predicted molar refractivity (Wildman–Crippen MR) is 91.6 cm³/mol. The Balaban J connectivity index is 1.88. The van der Waals surface area contributed by atoms with E-state index in [1.807, 2.05) is 0 Å². The summed E-state index contributed by atoms with van der Waals surface area (Å²) in [5, 5.41) is 0. The Bertz CT molecular complexity index is 786. The number of esters is 1. The number of benzene rings is 1. The number of hydrogen-bond acceptors (Lipinski definition) is 5.